The van der Waals surface area contributed by atoms with Crippen molar-refractivity contribution in [3.05, 3.63) is 29.6 Å². The first-order valence-corrected chi connectivity index (χ1v) is 8.81. The van der Waals surface area contributed by atoms with Gasteiger partial charge in [0.05, 0.1) is 10.5 Å². The monoisotopic (exact) mass is 330 g/mol. The highest BCUT2D eigenvalue weighted by molar-refractivity contribution is 7.89. The van der Waals surface area contributed by atoms with Crippen LogP contribution in [0.5, 0.6) is 0 Å². The van der Waals surface area contributed by atoms with E-state index in [2.05, 4.69) is 6.92 Å². The summed E-state index contributed by atoms with van der Waals surface area (Å²) < 4.78 is 40.7. The first kappa shape index (κ1) is 16.3. The van der Waals surface area contributed by atoms with E-state index in [4.69, 9.17) is 18.0 Å². The molecule has 1 unspecified atom stereocenters. The van der Waals surface area contributed by atoms with E-state index in [0.29, 0.717) is 19.0 Å². The summed E-state index contributed by atoms with van der Waals surface area (Å²) in [6, 6.07) is 3.89. The molecule has 0 amide bonds. The highest BCUT2D eigenvalue weighted by atomic mass is 32.2. The van der Waals surface area contributed by atoms with Gasteiger partial charge >= 0.3 is 0 Å². The van der Waals surface area contributed by atoms with E-state index in [1.54, 1.807) is 0 Å². The summed E-state index contributed by atoms with van der Waals surface area (Å²) in [5.41, 5.74) is 5.31. The van der Waals surface area contributed by atoms with E-state index in [0.717, 1.165) is 25.3 Å². The van der Waals surface area contributed by atoms with E-state index < -0.39 is 15.8 Å². The van der Waals surface area contributed by atoms with Crippen LogP contribution in [0.4, 0.5) is 4.39 Å². The summed E-state index contributed by atoms with van der Waals surface area (Å²) in [6.45, 7) is 3.01. The molecule has 1 aliphatic heterocycles. The van der Waals surface area contributed by atoms with Crippen LogP contribution in [0.3, 0.4) is 0 Å². The summed E-state index contributed by atoms with van der Waals surface area (Å²) >= 11 is 4.80. The van der Waals surface area contributed by atoms with Crippen LogP contribution in [0.15, 0.2) is 23.1 Å². The second-order valence-corrected chi connectivity index (χ2v) is 7.63. The van der Waals surface area contributed by atoms with E-state index in [-0.39, 0.29) is 15.4 Å². The van der Waals surface area contributed by atoms with Gasteiger partial charge in [0.25, 0.3) is 0 Å². The molecular formula is C14H19FN2O2S2. The lowest BCUT2D eigenvalue weighted by molar-refractivity contribution is 0.444. The first-order chi connectivity index (χ1) is 9.87. The molecule has 4 nitrogen and oxygen atoms in total. The minimum atomic E-state index is -3.76. The largest absolute Gasteiger partial charge is 0.389 e. The second kappa shape index (κ2) is 6.37. The second-order valence-electron chi connectivity index (χ2n) is 5.28. The Bertz CT molecular complexity index is 646. The highest BCUT2D eigenvalue weighted by Gasteiger charge is 2.34. The summed E-state index contributed by atoms with van der Waals surface area (Å²) in [5, 5.41) is 0. The number of nitrogens with two attached hydrogens (primary N) is 1. The van der Waals surface area contributed by atoms with Gasteiger partial charge < -0.3 is 5.73 Å². The van der Waals surface area contributed by atoms with Crippen molar-refractivity contribution in [2.75, 3.05) is 13.1 Å². The maximum absolute atomic E-state index is 13.9. The van der Waals surface area contributed by atoms with E-state index in [1.165, 1.54) is 16.4 Å². The van der Waals surface area contributed by atoms with E-state index in [9.17, 15) is 12.8 Å². The molecule has 1 saturated heterocycles. The summed E-state index contributed by atoms with van der Waals surface area (Å²) in [6.07, 6.45) is 2.86. The highest BCUT2D eigenvalue weighted by Crippen LogP contribution is 2.29. The Labute approximate surface area is 130 Å². The Balaban J connectivity index is 2.38. The van der Waals surface area contributed by atoms with Gasteiger partial charge in [-0.1, -0.05) is 31.6 Å². The lowest BCUT2D eigenvalue weighted by Crippen LogP contribution is -2.31. The Kier molecular flexibility index (Phi) is 4.95. The minimum Gasteiger partial charge on any atom is -0.389 e. The van der Waals surface area contributed by atoms with Gasteiger partial charge in [-0.25, -0.2) is 12.8 Å². The summed E-state index contributed by atoms with van der Waals surface area (Å²) in [4.78, 5) is -0.372. The Hall–Kier alpha value is -1.05. The Morgan fingerprint density at radius 3 is 2.86 bits per heavy atom. The molecule has 0 aromatic heterocycles. The molecule has 1 fully saturated rings. The van der Waals surface area contributed by atoms with Gasteiger partial charge in [-0.3, -0.25) is 0 Å². The first-order valence-electron chi connectivity index (χ1n) is 6.96. The Morgan fingerprint density at radius 2 is 2.24 bits per heavy atom. The number of rotatable bonds is 5. The predicted molar refractivity (Wildman–Crippen MR) is 84.1 cm³/mol. The van der Waals surface area contributed by atoms with Crippen LogP contribution in [0, 0.1) is 11.7 Å². The van der Waals surface area contributed by atoms with Gasteiger partial charge in [0.2, 0.25) is 10.0 Å². The average Bonchev–Trinajstić information content (AvgIpc) is 2.87. The molecule has 0 spiro atoms. The standard InChI is InChI=1S/C14H19FN2O2S2/c1-2-4-10-7-8-17(9-10)21(18,19)12-6-3-5-11(15)13(12)14(16)20/h3,5-6,10H,2,4,7-9H2,1H3,(H2,16,20). The average molecular weight is 330 g/mol. The van der Waals surface area contributed by atoms with Crippen LogP contribution < -0.4 is 5.73 Å². The smallest absolute Gasteiger partial charge is 0.243 e. The molecule has 2 rings (SSSR count). The zero-order valence-electron chi connectivity index (χ0n) is 11.9. The van der Waals surface area contributed by atoms with Gasteiger partial charge in [-0.2, -0.15) is 4.31 Å². The number of halogens is 1. The van der Waals surface area contributed by atoms with Crippen LogP contribution in [0.2, 0.25) is 0 Å². The molecule has 0 bridgehead atoms. The molecule has 1 aliphatic rings. The number of benzene rings is 1. The lowest BCUT2D eigenvalue weighted by Gasteiger charge is -2.19. The maximum atomic E-state index is 13.9. The fraction of sp³-hybridized carbons (Fsp3) is 0.500. The molecule has 1 aromatic rings. The van der Waals surface area contributed by atoms with Crippen LogP contribution in [0.25, 0.3) is 0 Å². The fourth-order valence-electron chi connectivity index (χ4n) is 2.76. The third-order valence-electron chi connectivity index (χ3n) is 3.79. The number of hydrogen-bond acceptors (Lipinski definition) is 3. The van der Waals surface area contributed by atoms with Crippen molar-refractivity contribution in [3.63, 3.8) is 0 Å². The number of sulfonamides is 1. The molecule has 2 N–H and O–H groups in total. The Morgan fingerprint density at radius 1 is 1.52 bits per heavy atom. The van der Waals surface area contributed by atoms with Gasteiger partial charge in [0, 0.05) is 13.1 Å². The predicted octanol–water partition coefficient (Wildman–Crippen LogP) is 2.27. The van der Waals surface area contributed by atoms with Crippen molar-refractivity contribution < 1.29 is 12.8 Å². The summed E-state index contributed by atoms with van der Waals surface area (Å²) in [5.74, 6) is -0.334. The number of nitrogens with zero attached hydrogens (tertiary/aromatic N) is 1. The van der Waals surface area contributed by atoms with Crippen molar-refractivity contribution in [2.24, 2.45) is 11.7 Å². The van der Waals surface area contributed by atoms with Gasteiger partial charge in [0.15, 0.2) is 0 Å². The van der Waals surface area contributed by atoms with Crippen molar-refractivity contribution in [1.29, 1.82) is 0 Å². The maximum Gasteiger partial charge on any atom is 0.243 e. The van der Waals surface area contributed by atoms with Gasteiger partial charge in [-0.15, -0.1) is 0 Å². The van der Waals surface area contributed by atoms with Crippen molar-refractivity contribution in [2.45, 2.75) is 31.1 Å². The topological polar surface area (TPSA) is 63.4 Å². The van der Waals surface area contributed by atoms with Gasteiger partial charge in [-0.05, 0) is 30.9 Å². The quantitative estimate of drug-likeness (QED) is 0.841. The third-order valence-corrected chi connectivity index (χ3v) is 5.90. The van der Waals surface area contributed by atoms with Crippen LogP contribution in [-0.4, -0.2) is 30.8 Å². The molecule has 116 valence electrons. The molecule has 0 saturated carbocycles. The fourth-order valence-corrected chi connectivity index (χ4v) is 4.78. The normalized spacial score (nSPS) is 19.8. The van der Waals surface area contributed by atoms with E-state index in [1.807, 2.05) is 0 Å². The molecule has 0 radical (unpaired) electrons. The molecule has 1 atom stereocenters. The van der Waals surface area contributed by atoms with Crippen molar-refractivity contribution in [3.8, 4) is 0 Å². The third kappa shape index (κ3) is 3.25. The zero-order valence-corrected chi connectivity index (χ0v) is 13.5. The molecule has 7 heteroatoms. The molecule has 21 heavy (non-hydrogen) atoms. The van der Waals surface area contributed by atoms with Crippen LogP contribution in [-0.2, 0) is 10.0 Å². The minimum absolute atomic E-state index is 0.132. The van der Waals surface area contributed by atoms with Crippen molar-refractivity contribution in [1.82, 2.24) is 4.31 Å². The lowest BCUT2D eigenvalue weighted by atomic mass is 10.0. The zero-order chi connectivity index (χ0) is 15.6. The van der Waals surface area contributed by atoms with E-state index >= 15 is 0 Å². The molecule has 1 heterocycles. The number of hydrogen-bond donors (Lipinski definition) is 1. The number of thiocarbonyl (C=S) groups is 1. The van der Waals surface area contributed by atoms with Crippen LogP contribution in [0.1, 0.15) is 31.7 Å². The van der Waals surface area contributed by atoms with Crippen LogP contribution >= 0.6 is 12.2 Å². The molecular weight excluding hydrogens is 311 g/mol. The van der Waals surface area contributed by atoms with Crippen molar-refractivity contribution >= 4 is 27.2 Å². The summed E-state index contributed by atoms with van der Waals surface area (Å²) in [7, 11) is -3.76. The molecule has 0 aliphatic carbocycles. The SMILES string of the molecule is CCCC1CCN(S(=O)(=O)c2cccc(F)c2C(N)=S)C1. The van der Waals surface area contributed by atoms with Gasteiger partial charge in [0.1, 0.15) is 10.8 Å². The molecule has 1 aromatic carbocycles.